The zero-order chi connectivity index (χ0) is 15.5. The molecule has 1 saturated carbocycles. The molecule has 114 valence electrons. The Hall–Kier alpha value is -2.11. The summed E-state index contributed by atoms with van der Waals surface area (Å²) in [7, 11) is 0. The normalized spacial score (nSPS) is 15.9. The third kappa shape index (κ3) is 3.32. The second kappa shape index (κ2) is 6.11. The van der Waals surface area contributed by atoms with Gasteiger partial charge in [0, 0.05) is 6.54 Å². The van der Waals surface area contributed by atoms with Crippen molar-refractivity contribution in [3.63, 3.8) is 0 Å². The average Bonchev–Trinajstić information content (AvgIpc) is 2.38. The minimum atomic E-state index is -0.941. The lowest BCUT2D eigenvalue weighted by Crippen LogP contribution is -2.58. The first kappa shape index (κ1) is 15.3. The summed E-state index contributed by atoms with van der Waals surface area (Å²) >= 11 is 0. The number of hydrogen-bond acceptors (Lipinski definition) is 2. The molecule has 6 heteroatoms. The standard InChI is InChI=1S/C15H19FN2O3/c1-2-18(12-7-4-3-6-11(12)16)14(21)17-15(8-5-9-15)10-13(19)20/h3-4,6-7H,2,5,8-10H2,1H3,(H,17,21)(H,19,20). The monoisotopic (exact) mass is 294 g/mol. The Balaban J connectivity index is 2.14. The molecule has 1 aromatic rings. The van der Waals surface area contributed by atoms with Crippen LogP contribution in [0.3, 0.4) is 0 Å². The zero-order valence-electron chi connectivity index (χ0n) is 11.9. The van der Waals surface area contributed by atoms with E-state index in [1.54, 1.807) is 19.1 Å². The number of rotatable bonds is 5. The lowest BCUT2D eigenvalue weighted by Gasteiger charge is -2.42. The molecule has 0 atom stereocenters. The highest BCUT2D eigenvalue weighted by Crippen LogP contribution is 2.35. The van der Waals surface area contributed by atoms with E-state index >= 15 is 0 Å². The molecule has 0 unspecified atom stereocenters. The summed E-state index contributed by atoms with van der Waals surface area (Å²) in [4.78, 5) is 24.6. The van der Waals surface area contributed by atoms with Crippen molar-refractivity contribution in [3.8, 4) is 0 Å². The number of urea groups is 1. The van der Waals surface area contributed by atoms with Crippen molar-refractivity contribution in [2.75, 3.05) is 11.4 Å². The third-order valence-electron chi connectivity index (χ3n) is 3.88. The predicted molar refractivity (Wildman–Crippen MR) is 76.8 cm³/mol. The van der Waals surface area contributed by atoms with Crippen LogP contribution in [0.15, 0.2) is 24.3 Å². The fourth-order valence-corrected chi connectivity index (χ4v) is 2.63. The van der Waals surface area contributed by atoms with Gasteiger partial charge in [0.2, 0.25) is 0 Å². The van der Waals surface area contributed by atoms with E-state index < -0.39 is 23.4 Å². The highest BCUT2D eigenvalue weighted by molar-refractivity contribution is 5.93. The first-order chi connectivity index (χ1) is 9.97. The van der Waals surface area contributed by atoms with E-state index in [1.165, 1.54) is 17.0 Å². The number of aliphatic carboxylic acids is 1. The molecule has 2 N–H and O–H groups in total. The summed E-state index contributed by atoms with van der Waals surface area (Å²) in [5, 5.41) is 11.7. The third-order valence-corrected chi connectivity index (χ3v) is 3.88. The number of carboxylic acids is 1. The first-order valence-corrected chi connectivity index (χ1v) is 7.03. The maximum atomic E-state index is 13.8. The van der Waals surface area contributed by atoms with Crippen LogP contribution in [0, 0.1) is 5.82 Å². The van der Waals surface area contributed by atoms with Crippen LogP contribution in [0.4, 0.5) is 14.9 Å². The van der Waals surface area contributed by atoms with Crippen molar-refractivity contribution in [1.82, 2.24) is 5.32 Å². The lowest BCUT2D eigenvalue weighted by atomic mass is 9.74. The highest BCUT2D eigenvalue weighted by Gasteiger charge is 2.41. The van der Waals surface area contributed by atoms with E-state index in [0.29, 0.717) is 19.4 Å². The van der Waals surface area contributed by atoms with Crippen molar-refractivity contribution in [1.29, 1.82) is 0 Å². The maximum absolute atomic E-state index is 13.8. The molecule has 2 amide bonds. The largest absolute Gasteiger partial charge is 0.481 e. The van der Waals surface area contributed by atoms with Gasteiger partial charge in [0.15, 0.2) is 0 Å². The Morgan fingerprint density at radius 2 is 2.05 bits per heavy atom. The van der Waals surface area contributed by atoms with Crippen molar-refractivity contribution in [2.45, 2.75) is 38.1 Å². The van der Waals surface area contributed by atoms with Crippen LogP contribution in [-0.2, 0) is 4.79 Å². The van der Waals surface area contributed by atoms with Gasteiger partial charge < -0.3 is 10.4 Å². The summed E-state index contributed by atoms with van der Waals surface area (Å²) in [6, 6.07) is 5.58. The Kier molecular flexibility index (Phi) is 4.45. The molecule has 1 aliphatic rings. The molecule has 0 heterocycles. The Labute approximate surface area is 122 Å². The van der Waals surface area contributed by atoms with Crippen molar-refractivity contribution >= 4 is 17.7 Å². The summed E-state index contributed by atoms with van der Waals surface area (Å²) in [6.07, 6.45) is 2.06. The molecule has 0 spiro atoms. The van der Waals surface area contributed by atoms with Crippen molar-refractivity contribution in [2.24, 2.45) is 0 Å². The smallest absolute Gasteiger partial charge is 0.322 e. The van der Waals surface area contributed by atoms with Gasteiger partial charge in [-0.3, -0.25) is 9.69 Å². The molecule has 0 saturated heterocycles. The van der Waals surface area contributed by atoms with Crippen LogP contribution in [-0.4, -0.2) is 29.2 Å². The molecular formula is C15H19FN2O3. The number of carbonyl (C=O) groups excluding carboxylic acids is 1. The molecule has 0 radical (unpaired) electrons. The quantitative estimate of drug-likeness (QED) is 0.877. The summed E-state index contributed by atoms with van der Waals surface area (Å²) in [5.74, 6) is -1.42. The van der Waals surface area contributed by atoms with Gasteiger partial charge in [0.05, 0.1) is 17.6 Å². The van der Waals surface area contributed by atoms with E-state index in [2.05, 4.69) is 5.32 Å². The molecule has 0 aliphatic heterocycles. The number of anilines is 1. The van der Waals surface area contributed by atoms with Crippen LogP contribution in [0.5, 0.6) is 0 Å². The first-order valence-electron chi connectivity index (χ1n) is 7.03. The zero-order valence-corrected chi connectivity index (χ0v) is 11.9. The molecule has 0 bridgehead atoms. The number of amides is 2. The van der Waals surface area contributed by atoms with Gasteiger partial charge in [-0.2, -0.15) is 0 Å². The molecule has 0 aromatic heterocycles. The Morgan fingerprint density at radius 1 is 1.38 bits per heavy atom. The van der Waals surface area contributed by atoms with Crippen LogP contribution < -0.4 is 10.2 Å². The Morgan fingerprint density at radius 3 is 2.52 bits per heavy atom. The number of carbonyl (C=O) groups is 2. The molecule has 1 aliphatic carbocycles. The van der Waals surface area contributed by atoms with E-state index in [1.807, 2.05) is 0 Å². The number of para-hydroxylation sites is 1. The molecule has 1 fully saturated rings. The molecule has 5 nitrogen and oxygen atoms in total. The van der Waals surface area contributed by atoms with Gasteiger partial charge in [0.25, 0.3) is 0 Å². The summed E-state index contributed by atoms with van der Waals surface area (Å²) in [5.41, 5.74) is -0.496. The number of hydrogen-bond donors (Lipinski definition) is 2. The molecule has 2 rings (SSSR count). The second-order valence-electron chi connectivity index (χ2n) is 5.33. The molecular weight excluding hydrogens is 275 g/mol. The summed E-state index contributed by atoms with van der Waals surface area (Å²) in [6.45, 7) is 2.05. The van der Waals surface area contributed by atoms with Crippen molar-refractivity contribution in [3.05, 3.63) is 30.1 Å². The minimum Gasteiger partial charge on any atom is -0.481 e. The van der Waals surface area contributed by atoms with Crippen LogP contribution in [0.25, 0.3) is 0 Å². The highest BCUT2D eigenvalue weighted by atomic mass is 19.1. The molecule has 1 aromatic carbocycles. The van der Waals surface area contributed by atoms with Crippen molar-refractivity contribution < 1.29 is 19.1 Å². The van der Waals surface area contributed by atoms with Gasteiger partial charge in [-0.05, 0) is 38.3 Å². The Bertz CT molecular complexity index is 543. The maximum Gasteiger partial charge on any atom is 0.322 e. The average molecular weight is 294 g/mol. The number of benzene rings is 1. The van der Waals surface area contributed by atoms with Crippen LogP contribution in [0.2, 0.25) is 0 Å². The number of carboxylic acid groups (broad SMARTS) is 1. The second-order valence-corrected chi connectivity index (χ2v) is 5.33. The van der Waals surface area contributed by atoms with E-state index in [-0.39, 0.29) is 12.1 Å². The van der Waals surface area contributed by atoms with Crippen LogP contribution >= 0.6 is 0 Å². The van der Waals surface area contributed by atoms with Gasteiger partial charge in [-0.15, -0.1) is 0 Å². The van der Waals surface area contributed by atoms with Gasteiger partial charge >= 0.3 is 12.0 Å². The number of halogens is 1. The topological polar surface area (TPSA) is 69.6 Å². The van der Waals surface area contributed by atoms with Gasteiger partial charge in [-0.1, -0.05) is 12.1 Å². The summed E-state index contributed by atoms with van der Waals surface area (Å²) < 4.78 is 13.8. The lowest BCUT2D eigenvalue weighted by molar-refractivity contribution is -0.139. The number of nitrogens with zero attached hydrogens (tertiary/aromatic N) is 1. The SMILES string of the molecule is CCN(C(=O)NC1(CC(=O)O)CCC1)c1ccccc1F. The van der Waals surface area contributed by atoms with E-state index in [4.69, 9.17) is 5.11 Å². The predicted octanol–water partition coefficient (Wildman–Crippen LogP) is 2.76. The minimum absolute atomic E-state index is 0.104. The van der Waals surface area contributed by atoms with E-state index in [0.717, 1.165) is 6.42 Å². The fourth-order valence-electron chi connectivity index (χ4n) is 2.63. The van der Waals surface area contributed by atoms with Crippen LogP contribution in [0.1, 0.15) is 32.6 Å². The fraction of sp³-hybridized carbons (Fsp3) is 0.467. The molecule has 21 heavy (non-hydrogen) atoms. The van der Waals surface area contributed by atoms with Gasteiger partial charge in [-0.25, -0.2) is 9.18 Å². The van der Waals surface area contributed by atoms with E-state index in [9.17, 15) is 14.0 Å². The van der Waals surface area contributed by atoms with Gasteiger partial charge in [0.1, 0.15) is 5.82 Å². The number of nitrogens with one attached hydrogen (secondary N) is 1.